The van der Waals surface area contributed by atoms with Crippen LogP contribution in [0, 0.1) is 5.92 Å². The summed E-state index contributed by atoms with van der Waals surface area (Å²) in [5.41, 5.74) is 6.94. The molecule has 4 nitrogen and oxygen atoms in total. The Kier molecular flexibility index (Phi) is 7.65. The first-order chi connectivity index (χ1) is 10.1. The van der Waals surface area contributed by atoms with Gasteiger partial charge in [-0.3, -0.25) is 0 Å². The van der Waals surface area contributed by atoms with Crippen molar-refractivity contribution in [2.45, 2.75) is 46.5 Å². The molecule has 1 rings (SSSR count). The zero-order chi connectivity index (χ0) is 15.7. The van der Waals surface area contributed by atoms with Gasteiger partial charge in [-0.25, -0.2) is 4.79 Å². The Hall–Kier alpha value is -1.71. The minimum atomic E-state index is -0.347. The van der Waals surface area contributed by atoms with Gasteiger partial charge in [-0.1, -0.05) is 33.1 Å². The number of nitrogens with two attached hydrogens (primary N) is 1. The largest absolute Gasteiger partial charge is 0.491 e. The average Bonchev–Trinajstić information content (AvgIpc) is 2.49. The maximum absolute atomic E-state index is 11.7. The van der Waals surface area contributed by atoms with Crippen LogP contribution < -0.4 is 10.5 Å². The van der Waals surface area contributed by atoms with Crippen molar-refractivity contribution in [3.63, 3.8) is 0 Å². The molecule has 0 heterocycles. The molecular weight excluding hydrogens is 266 g/mol. The van der Waals surface area contributed by atoms with Crippen LogP contribution in [0.3, 0.4) is 0 Å². The average molecular weight is 293 g/mol. The third-order valence-electron chi connectivity index (χ3n) is 3.54. The van der Waals surface area contributed by atoms with Crippen LogP contribution in [0.25, 0.3) is 0 Å². The predicted octanol–water partition coefficient (Wildman–Crippen LogP) is 4.04. The van der Waals surface area contributed by atoms with Crippen LogP contribution in [0.5, 0.6) is 5.75 Å². The molecule has 0 saturated heterocycles. The van der Waals surface area contributed by atoms with Crippen molar-refractivity contribution in [2.24, 2.45) is 5.92 Å². The number of hydrogen-bond donors (Lipinski definition) is 1. The van der Waals surface area contributed by atoms with Crippen LogP contribution in [0.2, 0.25) is 0 Å². The Balaban J connectivity index is 2.68. The Morgan fingerprint density at radius 2 is 2.05 bits per heavy atom. The molecule has 4 heteroatoms. The van der Waals surface area contributed by atoms with Crippen LogP contribution >= 0.6 is 0 Å². The number of nitrogen functional groups attached to an aromatic ring is 1. The molecule has 0 saturated carbocycles. The van der Waals surface area contributed by atoms with Gasteiger partial charge in [-0.2, -0.15) is 0 Å². The lowest BCUT2D eigenvalue weighted by atomic mass is 10.0. The lowest BCUT2D eigenvalue weighted by molar-refractivity contribution is 0.0526. The summed E-state index contributed by atoms with van der Waals surface area (Å²) >= 11 is 0. The molecule has 1 aromatic carbocycles. The molecule has 0 spiro atoms. The summed E-state index contributed by atoms with van der Waals surface area (Å²) in [4.78, 5) is 11.7. The van der Waals surface area contributed by atoms with Crippen LogP contribution in [0.4, 0.5) is 5.69 Å². The number of carbonyl (C=O) groups is 1. The molecule has 1 unspecified atom stereocenters. The summed E-state index contributed by atoms with van der Waals surface area (Å²) in [5, 5.41) is 0. The first kappa shape index (κ1) is 17.3. The number of unbranched alkanes of at least 4 members (excludes halogenated alkanes) is 1. The number of anilines is 1. The van der Waals surface area contributed by atoms with E-state index >= 15 is 0 Å². The van der Waals surface area contributed by atoms with Gasteiger partial charge in [0.15, 0.2) is 0 Å². The molecule has 1 atom stereocenters. The molecule has 0 fully saturated rings. The highest BCUT2D eigenvalue weighted by Gasteiger charge is 2.12. The smallest absolute Gasteiger partial charge is 0.338 e. The van der Waals surface area contributed by atoms with Crippen molar-refractivity contribution < 1.29 is 14.3 Å². The molecule has 21 heavy (non-hydrogen) atoms. The van der Waals surface area contributed by atoms with Crippen LogP contribution in [-0.2, 0) is 4.74 Å². The van der Waals surface area contributed by atoms with E-state index in [2.05, 4.69) is 13.8 Å². The number of benzene rings is 1. The summed E-state index contributed by atoms with van der Waals surface area (Å²) in [7, 11) is 0. The van der Waals surface area contributed by atoms with Crippen molar-refractivity contribution >= 4 is 11.7 Å². The van der Waals surface area contributed by atoms with Gasteiger partial charge >= 0.3 is 5.97 Å². The summed E-state index contributed by atoms with van der Waals surface area (Å²) in [6, 6.07) is 5.02. The molecule has 1 aromatic rings. The molecule has 0 aliphatic heterocycles. The number of hydrogen-bond acceptors (Lipinski definition) is 4. The minimum absolute atomic E-state index is 0.347. The lowest BCUT2D eigenvalue weighted by Gasteiger charge is -2.17. The molecule has 0 amide bonds. The Labute approximate surface area is 127 Å². The van der Waals surface area contributed by atoms with E-state index in [0.717, 1.165) is 12.8 Å². The third kappa shape index (κ3) is 5.66. The van der Waals surface area contributed by atoms with E-state index in [1.54, 1.807) is 25.1 Å². The molecule has 0 bridgehead atoms. The monoisotopic (exact) mass is 293 g/mol. The molecule has 0 aliphatic rings. The quantitative estimate of drug-likeness (QED) is 0.551. The predicted molar refractivity (Wildman–Crippen MR) is 85.6 cm³/mol. The number of rotatable bonds is 9. The van der Waals surface area contributed by atoms with E-state index < -0.39 is 0 Å². The van der Waals surface area contributed by atoms with E-state index in [-0.39, 0.29) is 5.97 Å². The molecule has 0 radical (unpaired) electrons. The molecule has 0 aliphatic carbocycles. The van der Waals surface area contributed by atoms with Gasteiger partial charge in [0.25, 0.3) is 0 Å². The molecule has 2 N–H and O–H groups in total. The van der Waals surface area contributed by atoms with Gasteiger partial charge in [-0.05, 0) is 37.5 Å². The van der Waals surface area contributed by atoms with Gasteiger partial charge in [0.2, 0.25) is 0 Å². The van der Waals surface area contributed by atoms with E-state index in [4.69, 9.17) is 15.2 Å². The van der Waals surface area contributed by atoms with E-state index in [0.29, 0.717) is 36.1 Å². The highest BCUT2D eigenvalue weighted by Crippen LogP contribution is 2.25. The highest BCUT2D eigenvalue weighted by atomic mass is 16.5. The topological polar surface area (TPSA) is 61.5 Å². The van der Waals surface area contributed by atoms with Crippen molar-refractivity contribution in [3.8, 4) is 5.75 Å². The van der Waals surface area contributed by atoms with Gasteiger partial charge in [-0.15, -0.1) is 0 Å². The normalized spacial score (nSPS) is 12.0. The minimum Gasteiger partial charge on any atom is -0.491 e. The second-order valence-electron chi connectivity index (χ2n) is 5.20. The summed E-state index contributed by atoms with van der Waals surface area (Å²) in [6.45, 7) is 7.13. The number of ether oxygens (including phenoxy) is 2. The molecule has 0 aromatic heterocycles. The van der Waals surface area contributed by atoms with E-state index in [1.807, 2.05) is 0 Å². The summed E-state index contributed by atoms with van der Waals surface area (Å²) in [5.74, 6) is 0.742. The van der Waals surface area contributed by atoms with Crippen LogP contribution in [0.15, 0.2) is 18.2 Å². The van der Waals surface area contributed by atoms with Crippen molar-refractivity contribution in [3.05, 3.63) is 23.8 Å². The van der Waals surface area contributed by atoms with Gasteiger partial charge in [0.05, 0.1) is 24.5 Å². The zero-order valence-electron chi connectivity index (χ0n) is 13.4. The zero-order valence-corrected chi connectivity index (χ0v) is 13.4. The third-order valence-corrected chi connectivity index (χ3v) is 3.54. The lowest BCUT2D eigenvalue weighted by Crippen LogP contribution is -2.13. The van der Waals surface area contributed by atoms with Gasteiger partial charge < -0.3 is 15.2 Å². The second kappa shape index (κ2) is 9.27. The maximum Gasteiger partial charge on any atom is 0.338 e. The number of carbonyl (C=O) groups excluding carboxylic acids is 1. The Morgan fingerprint density at radius 3 is 2.67 bits per heavy atom. The Morgan fingerprint density at radius 1 is 1.29 bits per heavy atom. The standard InChI is InChI=1S/C17H27NO3/c1-4-7-8-13(5-2)12-21-16-11-14(9-10-15(16)18)17(19)20-6-3/h9-11,13H,4-8,12,18H2,1-3H3. The first-order valence-electron chi connectivity index (χ1n) is 7.81. The van der Waals surface area contributed by atoms with E-state index in [9.17, 15) is 4.79 Å². The molecule has 118 valence electrons. The highest BCUT2D eigenvalue weighted by molar-refractivity contribution is 5.90. The maximum atomic E-state index is 11.7. The van der Waals surface area contributed by atoms with E-state index in [1.165, 1.54) is 12.8 Å². The fraction of sp³-hybridized carbons (Fsp3) is 0.588. The summed E-state index contributed by atoms with van der Waals surface area (Å²) in [6.07, 6.45) is 4.64. The molecular formula is C17H27NO3. The first-order valence-corrected chi connectivity index (χ1v) is 7.81. The van der Waals surface area contributed by atoms with Gasteiger partial charge in [0, 0.05) is 0 Å². The van der Waals surface area contributed by atoms with Crippen molar-refractivity contribution in [2.75, 3.05) is 18.9 Å². The van der Waals surface area contributed by atoms with Crippen molar-refractivity contribution in [1.82, 2.24) is 0 Å². The fourth-order valence-electron chi connectivity index (χ4n) is 2.11. The summed E-state index contributed by atoms with van der Waals surface area (Å²) < 4.78 is 10.8. The number of esters is 1. The fourth-order valence-corrected chi connectivity index (χ4v) is 2.11. The van der Waals surface area contributed by atoms with Crippen LogP contribution in [0.1, 0.15) is 56.8 Å². The second-order valence-corrected chi connectivity index (χ2v) is 5.20. The SMILES string of the molecule is CCCCC(CC)COc1cc(C(=O)OCC)ccc1N. The van der Waals surface area contributed by atoms with Crippen LogP contribution in [-0.4, -0.2) is 19.2 Å². The van der Waals surface area contributed by atoms with Gasteiger partial charge in [0.1, 0.15) is 5.75 Å². The Bertz CT molecular complexity index is 446. The van der Waals surface area contributed by atoms with Crippen molar-refractivity contribution in [1.29, 1.82) is 0 Å².